The number of fused-ring (bicyclic) bond motifs is 1. The number of pyridine rings is 1. The molecule has 2 aromatic rings. The summed E-state index contributed by atoms with van der Waals surface area (Å²) in [5.74, 6) is 1.17. The van der Waals surface area contributed by atoms with Crippen molar-refractivity contribution in [2.45, 2.75) is 6.42 Å². The third-order valence-electron chi connectivity index (χ3n) is 5.59. The molecule has 1 aliphatic carbocycles. The number of amides is 1. The van der Waals surface area contributed by atoms with E-state index >= 15 is 0 Å². The van der Waals surface area contributed by atoms with Gasteiger partial charge >= 0.3 is 6.01 Å². The molecule has 2 fully saturated rings. The van der Waals surface area contributed by atoms with Crippen molar-refractivity contribution in [3.8, 4) is 6.01 Å². The van der Waals surface area contributed by atoms with E-state index in [9.17, 15) is 9.18 Å². The van der Waals surface area contributed by atoms with E-state index in [4.69, 9.17) is 9.84 Å². The smallest absolute Gasteiger partial charge is 0.318 e. The summed E-state index contributed by atoms with van der Waals surface area (Å²) in [6.45, 7) is 2.01. The van der Waals surface area contributed by atoms with Gasteiger partial charge in [-0.2, -0.15) is 4.98 Å². The zero-order valence-electron chi connectivity index (χ0n) is 16.4. The van der Waals surface area contributed by atoms with Crippen molar-refractivity contribution >= 4 is 17.8 Å². The summed E-state index contributed by atoms with van der Waals surface area (Å²) in [5, 5.41) is 11.7. The van der Waals surface area contributed by atoms with E-state index in [0.717, 1.165) is 31.3 Å². The number of hydrogen-bond donors (Lipinski definition) is 2. The molecule has 1 saturated heterocycles. The molecule has 8 nitrogen and oxygen atoms in total. The largest absolute Gasteiger partial charge is 0.461 e. The molecule has 1 saturated carbocycles. The van der Waals surface area contributed by atoms with Gasteiger partial charge in [-0.05, 0) is 41.9 Å². The number of piperidine rings is 1. The molecule has 4 rings (SSSR count). The first-order valence-electron chi connectivity index (χ1n) is 10.0. The second kappa shape index (κ2) is 9.17. The third-order valence-corrected chi connectivity index (χ3v) is 5.59. The predicted molar refractivity (Wildman–Crippen MR) is 108 cm³/mol. The molecule has 0 unspecified atom stereocenters. The van der Waals surface area contributed by atoms with E-state index in [1.165, 1.54) is 6.08 Å². The van der Waals surface area contributed by atoms with Crippen LogP contribution < -0.4 is 15.0 Å². The highest BCUT2D eigenvalue weighted by atomic mass is 19.1. The zero-order chi connectivity index (χ0) is 20.9. The number of aliphatic hydroxyl groups excluding tert-OH is 1. The Morgan fingerprint density at radius 1 is 1.37 bits per heavy atom. The first-order valence-corrected chi connectivity index (χ1v) is 10.0. The van der Waals surface area contributed by atoms with Gasteiger partial charge in [-0.25, -0.2) is 9.37 Å². The van der Waals surface area contributed by atoms with Crippen LogP contribution in [-0.4, -0.2) is 58.8 Å². The summed E-state index contributed by atoms with van der Waals surface area (Å²) in [7, 11) is 0. The van der Waals surface area contributed by atoms with Crippen LogP contribution in [0.15, 0.2) is 36.8 Å². The van der Waals surface area contributed by atoms with Gasteiger partial charge in [0.05, 0.1) is 12.8 Å². The van der Waals surface area contributed by atoms with Gasteiger partial charge in [-0.1, -0.05) is 6.07 Å². The van der Waals surface area contributed by atoms with Crippen molar-refractivity contribution in [1.82, 2.24) is 20.3 Å². The molecule has 1 amide bonds. The van der Waals surface area contributed by atoms with Gasteiger partial charge < -0.3 is 20.1 Å². The molecule has 0 spiro atoms. The van der Waals surface area contributed by atoms with Crippen LogP contribution in [-0.2, 0) is 4.79 Å². The molecule has 30 heavy (non-hydrogen) atoms. The maximum Gasteiger partial charge on any atom is 0.318 e. The lowest BCUT2D eigenvalue weighted by atomic mass is 10.2. The van der Waals surface area contributed by atoms with Crippen LogP contribution in [0.2, 0.25) is 0 Å². The first-order chi connectivity index (χ1) is 14.7. The van der Waals surface area contributed by atoms with Gasteiger partial charge in [0.15, 0.2) is 11.6 Å². The van der Waals surface area contributed by atoms with Crippen molar-refractivity contribution in [2.75, 3.05) is 37.7 Å². The number of rotatable bonds is 9. The Morgan fingerprint density at radius 2 is 2.20 bits per heavy atom. The number of aliphatic hydroxyl groups is 1. The molecule has 2 aromatic heterocycles. The highest BCUT2D eigenvalue weighted by Gasteiger charge is 2.55. The van der Waals surface area contributed by atoms with Crippen LogP contribution in [0.25, 0.3) is 6.08 Å². The number of aromatic nitrogens is 3. The number of ether oxygens (including phenoxy) is 1. The van der Waals surface area contributed by atoms with E-state index in [2.05, 4.69) is 20.3 Å². The van der Waals surface area contributed by atoms with E-state index in [-0.39, 0.29) is 30.9 Å². The average molecular weight is 413 g/mol. The van der Waals surface area contributed by atoms with Crippen LogP contribution in [0.1, 0.15) is 12.0 Å². The quantitative estimate of drug-likeness (QED) is 0.598. The van der Waals surface area contributed by atoms with E-state index in [0.29, 0.717) is 24.3 Å². The third kappa shape index (κ3) is 4.73. The Balaban J connectivity index is 1.21. The average Bonchev–Trinajstić information content (AvgIpc) is 3.20. The molecule has 0 aromatic carbocycles. The van der Waals surface area contributed by atoms with Gasteiger partial charge in [0.25, 0.3) is 0 Å². The highest BCUT2D eigenvalue weighted by molar-refractivity contribution is 5.91. The Bertz CT molecular complexity index is 899. The molecular formula is C21H24FN5O3. The van der Waals surface area contributed by atoms with E-state index in [1.54, 1.807) is 18.5 Å². The van der Waals surface area contributed by atoms with Crippen LogP contribution in [0.4, 0.5) is 10.2 Å². The molecule has 2 aliphatic rings. The summed E-state index contributed by atoms with van der Waals surface area (Å²) in [4.78, 5) is 25.8. The van der Waals surface area contributed by atoms with Crippen molar-refractivity contribution in [3.63, 3.8) is 0 Å². The Hall–Kier alpha value is -3.07. The second-order valence-corrected chi connectivity index (χ2v) is 7.49. The molecule has 2 N–H and O–H groups in total. The van der Waals surface area contributed by atoms with Crippen molar-refractivity contribution in [2.24, 2.45) is 17.8 Å². The minimum atomic E-state index is -0.475. The van der Waals surface area contributed by atoms with Crippen molar-refractivity contribution in [3.05, 3.63) is 48.2 Å². The fourth-order valence-corrected chi connectivity index (χ4v) is 4.09. The zero-order valence-corrected chi connectivity index (χ0v) is 16.4. The number of carbonyl (C=O) groups is 1. The van der Waals surface area contributed by atoms with E-state index in [1.807, 2.05) is 17.0 Å². The van der Waals surface area contributed by atoms with E-state index < -0.39 is 5.82 Å². The summed E-state index contributed by atoms with van der Waals surface area (Å²) >= 11 is 0. The maximum absolute atomic E-state index is 14.1. The lowest BCUT2D eigenvalue weighted by Crippen LogP contribution is -2.28. The molecule has 3 atom stereocenters. The fourth-order valence-electron chi connectivity index (χ4n) is 4.09. The molecule has 0 radical (unpaired) electrons. The normalized spacial score (nSPS) is 22.2. The lowest BCUT2D eigenvalue weighted by molar-refractivity contribution is -0.116. The highest BCUT2D eigenvalue weighted by Crippen LogP contribution is 2.54. The fraction of sp³-hybridized carbons (Fsp3) is 0.429. The lowest BCUT2D eigenvalue weighted by Gasteiger charge is -2.21. The molecule has 3 heterocycles. The minimum Gasteiger partial charge on any atom is -0.461 e. The molecule has 9 heteroatoms. The van der Waals surface area contributed by atoms with Gasteiger partial charge in [-0.15, -0.1) is 0 Å². The Labute approximate surface area is 173 Å². The summed E-state index contributed by atoms with van der Waals surface area (Å²) in [6.07, 6.45) is 8.65. The minimum absolute atomic E-state index is 0.0691. The van der Waals surface area contributed by atoms with Gasteiger partial charge in [-0.3, -0.25) is 9.78 Å². The molecule has 158 valence electrons. The number of anilines is 1. The molecular weight excluding hydrogens is 389 g/mol. The van der Waals surface area contributed by atoms with Crippen LogP contribution in [0, 0.1) is 23.6 Å². The van der Waals surface area contributed by atoms with Crippen LogP contribution in [0.5, 0.6) is 6.01 Å². The summed E-state index contributed by atoms with van der Waals surface area (Å²) in [5.41, 5.74) is 0.881. The predicted octanol–water partition coefficient (Wildman–Crippen LogP) is 1.28. The SMILES string of the molecule is O=C(/C=C/c1cccnc1)NCC[C@@H]1[C@H]2CN(c3nc(OCCO)ncc3F)C[C@@H]12. The number of nitrogens with one attached hydrogen (secondary N) is 1. The summed E-state index contributed by atoms with van der Waals surface area (Å²) in [6, 6.07) is 3.78. The number of halogens is 1. The Kier molecular flexibility index (Phi) is 6.18. The monoisotopic (exact) mass is 413 g/mol. The number of nitrogens with zero attached hydrogens (tertiary/aromatic N) is 4. The van der Waals surface area contributed by atoms with Crippen molar-refractivity contribution in [1.29, 1.82) is 0 Å². The van der Waals surface area contributed by atoms with Gasteiger partial charge in [0.2, 0.25) is 5.91 Å². The molecule has 0 bridgehead atoms. The molecule has 1 aliphatic heterocycles. The van der Waals surface area contributed by atoms with Crippen LogP contribution >= 0.6 is 0 Å². The maximum atomic E-state index is 14.1. The second-order valence-electron chi connectivity index (χ2n) is 7.49. The topological polar surface area (TPSA) is 100 Å². The van der Waals surface area contributed by atoms with Gasteiger partial charge in [0.1, 0.15) is 6.61 Å². The van der Waals surface area contributed by atoms with Crippen LogP contribution in [0.3, 0.4) is 0 Å². The number of carbonyl (C=O) groups excluding carboxylic acids is 1. The number of hydrogen-bond acceptors (Lipinski definition) is 7. The first kappa shape index (κ1) is 20.2. The van der Waals surface area contributed by atoms with Gasteiger partial charge in [0, 0.05) is 38.1 Å². The summed E-state index contributed by atoms with van der Waals surface area (Å²) < 4.78 is 19.3. The Morgan fingerprint density at radius 3 is 2.93 bits per heavy atom. The standard InChI is InChI=1S/C21H24FN5O3/c22-18-11-25-21(30-9-8-28)26-20(18)27-12-16-15(17(16)13-27)5-7-24-19(29)4-3-14-2-1-6-23-10-14/h1-4,6,10-11,15-17,28H,5,7-9,12-13H2,(H,24,29)/b4-3+/t15-,16-,17+. The van der Waals surface area contributed by atoms with Crippen molar-refractivity contribution < 1.29 is 19.0 Å².